The van der Waals surface area contributed by atoms with Crippen LogP contribution >= 0.6 is 0 Å². The Balaban J connectivity index is 1.18. The Bertz CT molecular complexity index is 1130. The molecule has 5 nitrogen and oxygen atoms in total. The summed E-state index contributed by atoms with van der Waals surface area (Å²) in [5, 5.41) is 3.20. The molecule has 5 aliphatic rings. The molecule has 1 amide bonds. The highest BCUT2D eigenvalue weighted by Crippen LogP contribution is 2.66. The Hall–Kier alpha value is -2.41. The van der Waals surface area contributed by atoms with Crippen LogP contribution < -0.4 is 5.32 Å². The number of halogens is 2. The fraction of sp³-hybridized carbons (Fsp3) is 0.607. The molecule has 0 unspecified atom stereocenters. The van der Waals surface area contributed by atoms with Crippen molar-refractivity contribution in [2.24, 2.45) is 28.6 Å². The number of aromatic nitrogens is 2. The van der Waals surface area contributed by atoms with E-state index in [-0.39, 0.29) is 11.3 Å². The Morgan fingerprint density at radius 1 is 1.11 bits per heavy atom. The molecule has 1 aromatic heterocycles. The van der Waals surface area contributed by atoms with E-state index in [1.807, 2.05) is 0 Å². The van der Waals surface area contributed by atoms with Gasteiger partial charge in [0.15, 0.2) is 0 Å². The molecule has 7 heteroatoms. The van der Waals surface area contributed by atoms with Gasteiger partial charge in [0.2, 0.25) is 5.91 Å². The van der Waals surface area contributed by atoms with Gasteiger partial charge in [-0.05, 0) is 74.2 Å². The summed E-state index contributed by atoms with van der Waals surface area (Å²) >= 11 is 0. The van der Waals surface area contributed by atoms with Crippen LogP contribution in [0.1, 0.15) is 69.2 Å². The van der Waals surface area contributed by atoms with Gasteiger partial charge in [-0.2, -0.15) is 0 Å². The van der Waals surface area contributed by atoms with Crippen LogP contribution in [0.5, 0.6) is 0 Å². The van der Waals surface area contributed by atoms with Gasteiger partial charge in [0.05, 0.1) is 5.69 Å². The lowest BCUT2D eigenvalue weighted by Gasteiger charge is -2.61. The first-order chi connectivity index (χ1) is 16.7. The zero-order chi connectivity index (χ0) is 24.4. The molecule has 0 spiro atoms. The number of amides is 1. The number of nitrogens with zero attached hydrogens (tertiary/aromatic N) is 3. The molecule has 1 N–H and O–H groups in total. The molecule has 0 atom stereocenters. The van der Waals surface area contributed by atoms with Gasteiger partial charge in [-0.25, -0.2) is 18.7 Å². The van der Waals surface area contributed by atoms with E-state index in [4.69, 9.17) is 0 Å². The Labute approximate surface area is 205 Å². The highest BCUT2D eigenvalue weighted by atomic mass is 19.1. The van der Waals surface area contributed by atoms with Gasteiger partial charge in [-0.3, -0.25) is 9.69 Å². The number of carbonyl (C=O) groups is 1. The van der Waals surface area contributed by atoms with Gasteiger partial charge in [0.25, 0.3) is 0 Å². The first-order valence-electron chi connectivity index (χ1n) is 13.0. The van der Waals surface area contributed by atoms with E-state index in [1.54, 1.807) is 0 Å². The minimum absolute atomic E-state index is 0.0659. The van der Waals surface area contributed by atoms with Crippen molar-refractivity contribution in [2.45, 2.75) is 71.9 Å². The van der Waals surface area contributed by atoms with Crippen LogP contribution in [0.2, 0.25) is 0 Å². The topological polar surface area (TPSA) is 58.1 Å². The van der Waals surface area contributed by atoms with Crippen molar-refractivity contribution >= 4 is 11.7 Å². The zero-order valence-corrected chi connectivity index (χ0v) is 20.6. The second-order valence-corrected chi connectivity index (χ2v) is 12.1. The number of carbonyl (C=O) groups excluding carboxylic acids is 1. The monoisotopic (exact) mass is 480 g/mol. The summed E-state index contributed by atoms with van der Waals surface area (Å²) in [7, 11) is 0. The normalized spacial score (nSPS) is 29.8. The Morgan fingerprint density at radius 3 is 2.46 bits per heavy atom. The van der Waals surface area contributed by atoms with E-state index in [9.17, 15) is 13.6 Å². The van der Waals surface area contributed by atoms with E-state index in [1.165, 1.54) is 57.0 Å². The van der Waals surface area contributed by atoms with Gasteiger partial charge >= 0.3 is 0 Å². The fourth-order valence-electron chi connectivity index (χ4n) is 7.92. The summed E-state index contributed by atoms with van der Waals surface area (Å²) in [4.78, 5) is 24.8. The minimum Gasteiger partial charge on any atom is -0.310 e. The third-order valence-corrected chi connectivity index (χ3v) is 9.66. The second-order valence-electron chi connectivity index (χ2n) is 12.1. The summed E-state index contributed by atoms with van der Waals surface area (Å²) in [6, 6.07) is 3.71. The van der Waals surface area contributed by atoms with E-state index < -0.39 is 17.0 Å². The highest BCUT2D eigenvalue weighted by Gasteiger charge is 2.59. The molecule has 2 heterocycles. The van der Waals surface area contributed by atoms with Crippen LogP contribution in [-0.2, 0) is 24.3 Å². The van der Waals surface area contributed by atoms with Crippen LogP contribution in [0.3, 0.4) is 0 Å². The molecule has 186 valence electrons. The van der Waals surface area contributed by atoms with Crippen molar-refractivity contribution < 1.29 is 13.6 Å². The third kappa shape index (κ3) is 3.96. The predicted molar refractivity (Wildman–Crippen MR) is 129 cm³/mol. The maximum absolute atomic E-state index is 14.1. The first kappa shape index (κ1) is 23.0. The number of hydrogen-bond acceptors (Lipinski definition) is 4. The fourth-order valence-corrected chi connectivity index (χ4v) is 7.92. The molecule has 4 aliphatic carbocycles. The Kier molecular flexibility index (Phi) is 5.47. The van der Waals surface area contributed by atoms with Gasteiger partial charge in [0.1, 0.15) is 23.8 Å². The van der Waals surface area contributed by atoms with Crippen molar-refractivity contribution in [1.29, 1.82) is 0 Å². The molecule has 0 saturated heterocycles. The number of rotatable bonds is 5. The van der Waals surface area contributed by atoms with Crippen molar-refractivity contribution in [3.8, 4) is 0 Å². The van der Waals surface area contributed by atoms with Crippen LogP contribution in [0, 0.1) is 40.2 Å². The van der Waals surface area contributed by atoms with Crippen molar-refractivity contribution in [2.75, 3.05) is 11.9 Å². The lowest BCUT2D eigenvalue weighted by Crippen LogP contribution is -2.56. The number of hydrogen-bond donors (Lipinski definition) is 1. The second kappa shape index (κ2) is 8.32. The van der Waals surface area contributed by atoms with E-state index in [0.717, 1.165) is 35.1 Å². The number of fused-ring (bicyclic) bond motifs is 1. The lowest BCUT2D eigenvalue weighted by molar-refractivity contribution is -0.151. The summed E-state index contributed by atoms with van der Waals surface area (Å²) in [6.07, 6.45) is 9.78. The summed E-state index contributed by atoms with van der Waals surface area (Å²) in [6.45, 7) is 5.90. The number of anilines is 1. The molecule has 4 bridgehead atoms. The molecule has 4 saturated carbocycles. The first-order valence-corrected chi connectivity index (χ1v) is 13.0. The van der Waals surface area contributed by atoms with Crippen LogP contribution in [-0.4, -0.2) is 27.3 Å². The minimum atomic E-state index is -0.570. The SMILES string of the molecule is CC(C)(C(=O)Nc1ncnc2c1CCN(Cc1ccc(F)cc1F)C2)C12CC3CC(CC(C3)C1)C2. The molecule has 1 aromatic carbocycles. The maximum Gasteiger partial charge on any atom is 0.231 e. The summed E-state index contributed by atoms with van der Waals surface area (Å²) < 4.78 is 27.4. The molecular weight excluding hydrogens is 446 g/mol. The van der Waals surface area contributed by atoms with E-state index in [2.05, 4.69) is 34.0 Å². The van der Waals surface area contributed by atoms with Crippen LogP contribution in [0.4, 0.5) is 14.6 Å². The highest BCUT2D eigenvalue weighted by molar-refractivity contribution is 5.95. The number of nitrogens with one attached hydrogen (secondary N) is 1. The smallest absolute Gasteiger partial charge is 0.231 e. The molecule has 1 aliphatic heterocycles. The molecule has 2 aromatic rings. The van der Waals surface area contributed by atoms with E-state index in [0.29, 0.717) is 37.4 Å². The van der Waals surface area contributed by atoms with Crippen LogP contribution in [0.15, 0.2) is 24.5 Å². The van der Waals surface area contributed by atoms with Crippen LogP contribution in [0.25, 0.3) is 0 Å². The molecule has 7 rings (SSSR count). The molecular formula is C28H34F2N4O. The maximum atomic E-state index is 14.1. The van der Waals surface area contributed by atoms with Gasteiger partial charge in [-0.15, -0.1) is 0 Å². The van der Waals surface area contributed by atoms with Gasteiger partial charge in [-0.1, -0.05) is 19.9 Å². The largest absolute Gasteiger partial charge is 0.310 e. The quantitative estimate of drug-likeness (QED) is 0.615. The summed E-state index contributed by atoms with van der Waals surface area (Å²) in [5.74, 6) is 1.95. The van der Waals surface area contributed by atoms with Gasteiger partial charge in [0, 0.05) is 42.2 Å². The molecule has 35 heavy (non-hydrogen) atoms. The summed E-state index contributed by atoms with van der Waals surface area (Å²) in [5.41, 5.74) is 1.93. The molecule has 4 fully saturated rings. The van der Waals surface area contributed by atoms with E-state index >= 15 is 0 Å². The zero-order valence-electron chi connectivity index (χ0n) is 20.6. The number of benzene rings is 1. The lowest BCUT2D eigenvalue weighted by atomic mass is 9.43. The predicted octanol–water partition coefficient (Wildman–Crippen LogP) is 5.49. The Morgan fingerprint density at radius 2 is 1.80 bits per heavy atom. The van der Waals surface area contributed by atoms with Crippen molar-refractivity contribution in [1.82, 2.24) is 14.9 Å². The third-order valence-electron chi connectivity index (χ3n) is 9.66. The average molecular weight is 481 g/mol. The standard InChI is InChI=1S/C28H34F2N4O/c1-27(2,28-11-17-7-18(12-28)9-19(8-17)13-28)26(35)33-25-22-5-6-34(15-24(22)31-16-32-25)14-20-3-4-21(29)10-23(20)30/h3-4,10,16-19H,5-9,11-15H2,1-2H3,(H,31,32,33,35). The van der Waals surface area contributed by atoms with Crippen molar-refractivity contribution in [3.63, 3.8) is 0 Å². The average Bonchev–Trinajstić information content (AvgIpc) is 2.80. The molecule has 0 radical (unpaired) electrons. The van der Waals surface area contributed by atoms with Crippen molar-refractivity contribution in [3.05, 3.63) is 53.0 Å². The van der Waals surface area contributed by atoms with Gasteiger partial charge < -0.3 is 5.32 Å².